The second-order valence-corrected chi connectivity index (χ2v) is 17.0. The number of aliphatic carboxylic acids is 1. The van der Waals surface area contributed by atoms with Crippen molar-refractivity contribution in [2.24, 2.45) is 11.5 Å². The summed E-state index contributed by atoms with van der Waals surface area (Å²) in [5.41, 5.74) is 13.0. The molecule has 9 atom stereocenters. The van der Waals surface area contributed by atoms with Gasteiger partial charge in [-0.1, -0.05) is 72.8 Å². The Morgan fingerprint density at radius 3 is 1.55 bits per heavy atom. The maximum atomic E-state index is 14.4. The number of likely N-dealkylation sites (tertiary alicyclic amines) is 1. The van der Waals surface area contributed by atoms with Gasteiger partial charge in [0.05, 0.1) is 18.8 Å². The van der Waals surface area contributed by atoms with Crippen molar-refractivity contribution in [1.82, 2.24) is 36.8 Å². The summed E-state index contributed by atoms with van der Waals surface area (Å²) in [4.78, 5) is 110. The van der Waals surface area contributed by atoms with Crippen molar-refractivity contribution in [1.29, 1.82) is 0 Å². The van der Waals surface area contributed by atoms with Crippen LogP contribution < -0.4 is 43.4 Å². The van der Waals surface area contributed by atoms with Gasteiger partial charge in [-0.2, -0.15) is 0 Å². The van der Waals surface area contributed by atoms with E-state index < -0.39 is 108 Å². The maximum Gasteiger partial charge on any atom is 0.328 e. The second kappa shape index (κ2) is 27.2. The maximum absolute atomic E-state index is 14.4. The zero-order valence-electron chi connectivity index (χ0n) is 38.7. The summed E-state index contributed by atoms with van der Waals surface area (Å²) < 4.78 is 0. The van der Waals surface area contributed by atoms with Gasteiger partial charge in [0.25, 0.3) is 0 Å². The molecule has 14 N–H and O–H groups in total. The summed E-state index contributed by atoms with van der Waals surface area (Å²) in [6, 6.07) is 13.6. The topological polar surface area (TPSA) is 345 Å². The van der Waals surface area contributed by atoms with E-state index in [1.165, 1.54) is 38.1 Å². The predicted molar refractivity (Wildman–Crippen MR) is 251 cm³/mol. The zero-order chi connectivity index (χ0) is 50.6. The summed E-state index contributed by atoms with van der Waals surface area (Å²) in [6.45, 7) is 2.33. The van der Waals surface area contributed by atoms with Gasteiger partial charge >= 0.3 is 5.97 Å². The average molecular weight is 960 g/mol. The van der Waals surface area contributed by atoms with Gasteiger partial charge in [0.1, 0.15) is 42.0 Å². The zero-order valence-corrected chi connectivity index (χ0v) is 38.7. The monoisotopic (exact) mass is 959 g/mol. The van der Waals surface area contributed by atoms with E-state index in [-0.39, 0.29) is 50.9 Å². The van der Waals surface area contributed by atoms with Crippen LogP contribution in [0.3, 0.4) is 0 Å². The Kier molecular flexibility index (Phi) is 21.5. The fourth-order valence-corrected chi connectivity index (χ4v) is 7.79. The number of carbonyl (C=O) groups is 8. The van der Waals surface area contributed by atoms with Crippen LogP contribution in [0, 0.1) is 0 Å². The van der Waals surface area contributed by atoms with E-state index >= 15 is 0 Å². The summed E-state index contributed by atoms with van der Waals surface area (Å²) in [5, 5.41) is 55.9. The number of benzene rings is 3. The molecule has 0 bridgehead atoms. The van der Waals surface area contributed by atoms with Crippen molar-refractivity contribution in [2.75, 3.05) is 19.6 Å². The molecule has 0 aliphatic carbocycles. The summed E-state index contributed by atoms with van der Waals surface area (Å²) in [5.74, 6) is -7.14. The normalized spacial score (nSPS) is 16.8. The lowest BCUT2D eigenvalue weighted by molar-refractivity contribution is -0.146. The van der Waals surface area contributed by atoms with Crippen molar-refractivity contribution in [3.8, 4) is 5.75 Å². The summed E-state index contributed by atoms with van der Waals surface area (Å²) >= 11 is 0. The number of carboxylic acid groups (broad SMARTS) is 1. The van der Waals surface area contributed by atoms with Crippen LogP contribution >= 0.6 is 0 Å². The standard InChI is InChI=1S/C48H65N9O12/c1-28(58)40(47(67)57-23-11-17-38(57)46(66)52-34(16-9-10-22-49)42(62)56-41(29(2)59)48(68)69)55-45(65)37(26-32-18-20-33(60)21-19-32)54-44(64)36(25-31-14-7-4-8-15-31)53-43(63)35(51-39(61)27-50)24-30-12-5-3-6-13-30/h3-8,12-15,18-21,28-29,34-38,40-41,58-60H,9-11,16-17,22-27,49-50H2,1-2H3,(H,51,61)(H,52,66)(H,53,63)(H,54,64)(H,55,65)(H,56,62)(H,68,69)/t28-,29-,34+,35+,36+,37+,38+,40+,41+/m1/s1. The first kappa shape index (κ1) is 54.7. The number of nitrogens with one attached hydrogen (secondary N) is 6. The molecule has 0 saturated carbocycles. The SMILES string of the molecule is C[C@@H](O)[C@H](NC(=O)[C@H](CCCCN)NC(=O)[C@@H]1CCCN1C(=O)[C@@H](NC(=O)[C@H](Cc1ccc(O)cc1)NC(=O)[C@H](Cc1ccccc1)NC(=O)[C@H](Cc1ccccc1)NC(=O)CN)[C@@H](C)O)C(=O)O. The molecule has 3 aromatic rings. The number of nitrogens with zero attached hydrogens (tertiary/aromatic N) is 1. The molecule has 21 nitrogen and oxygen atoms in total. The number of amides is 7. The van der Waals surface area contributed by atoms with E-state index in [1.54, 1.807) is 60.7 Å². The molecular weight excluding hydrogens is 895 g/mol. The van der Waals surface area contributed by atoms with Crippen molar-refractivity contribution < 1.29 is 58.8 Å². The quantitative estimate of drug-likeness (QED) is 0.0398. The van der Waals surface area contributed by atoms with Gasteiger partial charge < -0.3 is 68.7 Å². The van der Waals surface area contributed by atoms with Crippen molar-refractivity contribution in [2.45, 2.75) is 120 Å². The molecule has 0 radical (unpaired) electrons. The molecule has 0 aromatic heterocycles. The molecule has 1 heterocycles. The van der Waals surface area contributed by atoms with E-state index in [4.69, 9.17) is 11.5 Å². The third-order valence-electron chi connectivity index (χ3n) is 11.6. The Hall–Kier alpha value is -6.94. The number of phenols is 1. The van der Waals surface area contributed by atoms with Crippen LogP contribution in [0.25, 0.3) is 0 Å². The van der Waals surface area contributed by atoms with E-state index in [0.717, 1.165) is 4.90 Å². The van der Waals surface area contributed by atoms with E-state index in [1.807, 2.05) is 0 Å². The molecule has 69 heavy (non-hydrogen) atoms. The van der Waals surface area contributed by atoms with E-state index in [2.05, 4.69) is 31.9 Å². The number of phenolic OH excluding ortho intramolecular Hbond substituents is 1. The molecule has 4 rings (SSSR count). The number of hydrogen-bond donors (Lipinski definition) is 12. The number of carboxylic acids is 1. The van der Waals surface area contributed by atoms with Crippen molar-refractivity contribution in [3.05, 3.63) is 102 Å². The Morgan fingerprint density at radius 2 is 1.07 bits per heavy atom. The number of rotatable bonds is 26. The third kappa shape index (κ3) is 17.0. The van der Waals surface area contributed by atoms with E-state index in [9.17, 15) is 58.8 Å². The number of carbonyl (C=O) groups excluding carboxylic acids is 7. The van der Waals surface area contributed by atoms with Gasteiger partial charge in [0.15, 0.2) is 6.04 Å². The minimum absolute atomic E-state index is 0.0225. The van der Waals surface area contributed by atoms with Gasteiger partial charge in [-0.25, -0.2) is 4.79 Å². The largest absolute Gasteiger partial charge is 0.508 e. The van der Waals surface area contributed by atoms with Crippen LogP contribution in [0.5, 0.6) is 5.75 Å². The van der Waals surface area contributed by atoms with Crippen LogP contribution in [0.2, 0.25) is 0 Å². The number of aliphatic hydroxyl groups is 2. The average Bonchev–Trinajstić information content (AvgIpc) is 3.83. The minimum Gasteiger partial charge on any atom is -0.508 e. The van der Waals surface area contributed by atoms with Crippen molar-refractivity contribution >= 4 is 47.3 Å². The Labute approximate surface area is 400 Å². The van der Waals surface area contributed by atoms with Gasteiger partial charge in [-0.3, -0.25) is 33.6 Å². The first-order valence-electron chi connectivity index (χ1n) is 22.9. The number of nitrogens with two attached hydrogens (primary N) is 2. The molecule has 3 aromatic carbocycles. The highest BCUT2D eigenvalue weighted by Crippen LogP contribution is 2.21. The molecule has 1 aliphatic rings. The van der Waals surface area contributed by atoms with Crippen LogP contribution in [0.15, 0.2) is 84.9 Å². The Morgan fingerprint density at radius 1 is 0.609 bits per heavy atom. The Bertz CT molecular complexity index is 2200. The molecule has 1 fully saturated rings. The van der Waals surface area contributed by atoms with Crippen LogP contribution in [0.1, 0.15) is 62.6 Å². The molecule has 374 valence electrons. The highest BCUT2D eigenvalue weighted by molar-refractivity contribution is 5.98. The first-order valence-corrected chi connectivity index (χ1v) is 22.9. The minimum atomic E-state index is -1.67. The second-order valence-electron chi connectivity index (χ2n) is 17.0. The number of aromatic hydroxyl groups is 1. The molecule has 0 spiro atoms. The molecule has 7 amide bonds. The number of unbranched alkanes of at least 4 members (excludes halogenated alkanes) is 1. The fraction of sp³-hybridized carbons (Fsp3) is 0.458. The molecule has 21 heteroatoms. The van der Waals surface area contributed by atoms with Crippen LogP contribution in [0.4, 0.5) is 0 Å². The van der Waals surface area contributed by atoms with Crippen LogP contribution in [-0.2, 0) is 57.6 Å². The first-order chi connectivity index (χ1) is 32.9. The van der Waals surface area contributed by atoms with Crippen molar-refractivity contribution in [3.63, 3.8) is 0 Å². The lowest BCUT2D eigenvalue weighted by atomic mass is 10.0. The van der Waals surface area contributed by atoms with Crippen LogP contribution in [-0.4, -0.2) is 147 Å². The van der Waals surface area contributed by atoms with Gasteiger partial charge in [-0.15, -0.1) is 0 Å². The molecular formula is C48H65N9O12. The summed E-state index contributed by atoms with van der Waals surface area (Å²) in [6.07, 6.45) is -1.85. The highest BCUT2D eigenvalue weighted by atomic mass is 16.4. The lowest BCUT2D eigenvalue weighted by Crippen LogP contribution is -2.62. The summed E-state index contributed by atoms with van der Waals surface area (Å²) in [7, 11) is 0. The smallest absolute Gasteiger partial charge is 0.328 e. The number of hydrogen-bond acceptors (Lipinski definition) is 13. The van der Waals surface area contributed by atoms with Gasteiger partial charge in [-0.05, 0) is 81.3 Å². The van der Waals surface area contributed by atoms with E-state index in [0.29, 0.717) is 36.0 Å². The lowest BCUT2D eigenvalue weighted by Gasteiger charge is -2.32. The van der Waals surface area contributed by atoms with Gasteiger partial charge in [0.2, 0.25) is 41.4 Å². The predicted octanol–water partition coefficient (Wildman–Crippen LogP) is -1.75. The fourth-order valence-electron chi connectivity index (χ4n) is 7.79. The third-order valence-corrected chi connectivity index (χ3v) is 11.6. The molecule has 1 saturated heterocycles. The number of aliphatic hydroxyl groups excluding tert-OH is 2. The van der Waals surface area contributed by atoms with Gasteiger partial charge in [0, 0.05) is 25.8 Å². The Balaban J connectivity index is 1.60. The molecule has 0 unspecified atom stereocenters. The highest BCUT2D eigenvalue weighted by Gasteiger charge is 2.41. The molecule has 1 aliphatic heterocycles.